The minimum Gasteiger partial charge on any atom is -0.482 e. The molecule has 0 unspecified atom stereocenters. The Balaban J connectivity index is 1.38. The second-order valence-electron chi connectivity index (χ2n) is 7.90. The minimum atomic E-state index is -0.317. The van der Waals surface area contributed by atoms with Crippen LogP contribution in [-0.2, 0) is 11.3 Å². The summed E-state index contributed by atoms with van der Waals surface area (Å²) in [4.78, 5) is 40.5. The molecule has 8 nitrogen and oxygen atoms in total. The van der Waals surface area contributed by atoms with E-state index in [-0.39, 0.29) is 36.1 Å². The fourth-order valence-corrected chi connectivity index (χ4v) is 3.81. The van der Waals surface area contributed by atoms with Crippen molar-refractivity contribution in [3.05, 3.63) is 52.1 Å². The van der Waals surface area contributed by atoms with Crippen molar-refractivity contribution in [3.8, 4) is 11.5 Å². The van der Waals surface area contributed by atoms with Crippen LogP contribution in [0.2, 0.25) is 0 Å². The monoisotopic (exact) mass is 426 g/mol. The lowest BCUT2D eigenvalue weighted by atomic mass is 10.1. The van der Waals surface area contributed by atoms with Gasteiger partial charge in [-0.1, -0.05) is 12.8 Å². The number of nitrogens with zero attached hydrogens (tertiary/aromatic N) is 2. The number of likely N-dealkylation sites (N-methyl/N-ethyl adjacent to an activating group) is 1. The van der Waals surface area contributed by atoms with Gasteiger partial charge in [0.15, 0.2) is 19.0 Å². The van der Waals surface area contributed by atoms with E-state index in [9.17, 15) is 14.4 Å². The van der Waals surface area contributed by atoms with Gasteiger partial charge in [-0.25, -0.2) is 0 Å². The molecule has 0 saturated carbocycles. The van der Waals surface area contributed by atoms with Crippen LogP contribution in [0, 0.1) is 0 Å². The molecular formula is C23H26N2O6. The number of ketones is 1. The average Bonchev–Trinajstić information content (AvgIpc) is 3.04. The molecule has 1 amide bonds. The van der Waals surface area contributed by atoms with Crippen LogP contribution in [0.3, 0.4) is 0 Å². The first kappa shape index (κ1) is 21.1. The second kappa shape index (κ2) is 9.34. The number of carbonyl (C=O) groups is 2. The summed E-state index contributed by atoms with van der Waals surface area (Å²) in [7, 11) is 1.63. The third-order valence-corrected chi connectivity index (χ3v) is 5.66. The maximum atomic E-state index is 12.6. The van der Waals surface area contributed by atoms with E-state index in [1.54, 1.807) is 25.2 Å². The van der Waals surface area contributed by atoms with Gasteiger partial charge < -0.3 is 18.8 Å². The molecule has 2 aliphatic rings. The van der Waals surface area contributed by atoms with Crippen molar-refractivity contribution < 1.29 is 23.5 Å². The van der Waals surface area contributed by atoms with Gasteiger partial charge in [0.1, 0.15) is 17.8 Å². The molecule has 3 heterocycles. The standard InChI is InChI=1S/C23H26N2O6/c1-24-18-10-16(6-7-21(18)31-15-23(24)28)20(27)13-30-22-14-29-17(11-19(22)26)12-25-8-4-2-3-5-9-25/h6-7,10-11,14H,2-5,8-9,12-13,15H2,1H3. The van der Waals surface area contributed by atoms with E-state index in [0.717, 1.165) is 25.9 Å². The highest BCUT2D eigenvalue weighted by Crippen LogP contribution is 2.32. The Morgan fingerprint density at radius 2 is 1.87 bits per heavy atom. The summed E-state index contributed by atoms with van der Waals surface area (Å²) in [5, 5.41) is 0. The molecule has 1 aromatic carbocycles. The van der Waals surface area contributed by atoms with Crippen molar-refractivity contribution in [2.75, 3.05) is 38.3 Å². The van der Waals surface area contributed by atoms with Gasteiger partial charge in [-0.2, -0.15) is 0 Å². The Bertz CT molecular complexity index is 1020. The largest absolute Gasteiger partial charge is 0.482 e. The van der Waals surface area contributed by atoms with Crippen LogP contribution < -0.4 is 19.8 Å². The van der Waals surface area contributed by atoms with Crippen LogP contribution in [0.1, 0.15) is 41.8 Å². The van der Waals surface area contributed by atoms with Crippen molar-refractivity contribution in [1.29, 1.82) is 0 Å². The Labute approximate surface area is 180 Å². The van der Waals surface area contributed by atoms with E-state index in [2.05, 4.69) is 4.90 Å². The number of hydrogen-bond donors (Lipinski definition) is 0. The highest BCUT2D eigenvalue weighted by molar-refractivity contribution is 6.02. The Morgan fingerprint density at radius 1 is 1.10 bits per heavy atom. The molecule has 0 aliphatic carbocycles. The van der Waals surface area contributed by atoms with Crippen LogP contribution in [0.5, 0.6) is 11.5 Å². The maximum Gasteiger partial charge on any atom is 0.264 e. The van der Waals surface area contributed by atoms with Crippen molar-refractivity contribution in [1.82, 2.24) is 4.90 Å². The fraction of sp³-hybridized carbons (Fsp3) is 0.435. The van der Waals surface area contributed by atoms with Gasteiger partial charge in [0.05, 0.1) is 12.2 Å². The minimum absolute atomic E-state index is 0.00144. The van der Waals surface area contributed by atoms with Gasteiger partial charge in [-0.3, -0.25) is 19.3 Å². The summed E-state index contributed by atoms with van der Waals surface area (Å²) in [5.41, 5.74) is 0.582. The molecule has 0 N–H and O–H groups in total. The van der Waals surface area contributed by atoms with Gasteiger partial charge in [-0.05, 0) is 44.1 Å². The molecule has 8 heteroatoms. The van der Waals surface area contributed by atoms with E-state index in [1.807, 2.05) is 0 Å². The first-order chi connectivity index (χ1) is 15.0. The highest BCUT2D eigenvalue weighted by atomic mass is 16.5. The summed E-state index contributed by atoms with van der Waals surface area (Å²) >= 11 is 0. The second-order valence-corrected chi connectivity index (χ2v) is 7.90. The lowest BCUT2D eigenvalue weighted by molar-refractivity contribution is -0.120. The van der Waals surface area contributed by atoms with Crippen LogP contribution in [0.15, 0.2) is 39.7 Å². The molecule has 1 saturated heterocycles. The molecule has 0 radical (unpaired) electrons. The van der Waals surface area contributed by atoms with E-state index >= 15 is 0 Å². The zero-order chi connectivity index (χ0) is 21.8. The fourth-order valence-electron chi connectivity index (χ4n) is 3.81. The number of fused-ring (bicyclic) bond motifs is 1. The van der Waals surface area contributed by atoms with Crippen molar-refractivity contribution in [3.63, 3.8) is 0 Å². The number of likely N-dealkylation sites (tertiary alicyclic amines) is 1. The smallest absolute Gasteiger partial charge is 0.264 e. The van der Waals surface area contributed by atoms with Crippen LogP contribution in [0.4, 0.5) is 5.69 Å². The van der Waals surface area contributed by atoms with Gasteiger partial charge in [0.2, 0.25) is 11.2 Å². The molecule has 1 fully saturated rings. The van der Waals surface area contributed by atoms with E-state index in [4.69, 9.17) is 13.9 Å². The zero-order valence-corrected chi connectivity index (χ0v) is 17.6. The number of benzene rings is 1. The summed E-state index contributed by atoms with van der Waals surface area (Å²) in [6.07, 6.45) is 6.07. The molecule has 2 aliphatic heterocycles. The van der Waals surface area contributed by atoms with E-state index < -0.39 is 0 Å². The number of ether oxygens (including phenoxy) is 2. The molecule has 0 bridgehead atoms. The number of hydrogen-bond acceptors (Lipinski definition) is 7. The number of Topliss-reactive ketones (excluding diaryl/α,β-unsaturated/α-hetero) is 1. The number of amides is 1. The predicted octanol–water partition coefficient (Wildman–Crippen LogP) is 2.63. The number of anilines is 1. The lowest BCUT2D eigenvalue weighted by Crippen LogP contribution is -2.35. The molecule has 0 spiro atoms. The number of carbonyl (C=O) groups excluding carboxylic acids is 2. The normalized spacial score (nSPS) is 16.9. The molecule has 2 aromatic rings. The van der Waals surface area contributed by atoms with E-state index in [0.29, 0.717) is 29.3 Å². The molecule has 4 rings (SSSR count). The third kappa shape index (κ3) is 4.96. The van der Waals surface area contributed by atoms with Crippen LogP contribution in [0.25, 0.3) is 0 Å². The Morgan fingerprint density at radius 3 is 2.61 bits per heavy atom. The van der Waals surface area contributed by atoms with Crippen molar-refractivity contribution in [2.45, 2.75) is 32.2 Å². The lowest BCUT2D eigenvalue weighted by Gasteiger charge is -2.26. The molecule has 164 valence electrons. The Hall–Kier alpha value is -3.13. The average molecular weight is 426 g/mol. The SMILES string of the molecule is CN1C(=O)COc2ccc(C(=O)COc3coc(CN4CCCCCC4)cc3=O)cc21. The van der Waals surface area contributed by atoms with Gasteiger partial charge in [-0.15, -0.1) is 0 Å². The highest BCUT2D eigenvalue weighted by Gasteiger charge is 2.23. The van der Waals surface area contributed by atoms with Crippen molar-refractivity contribution >= 4 is 17.4 Å². The number of rotatable bonds is 6. The summed E-state index contributed by atoms with van der Waals surface area (Å²) < 4.78 is 16.4. The van der Waals surface area contributed by atoms with Gasteiger partial charge >= 0.3 is 0 Å². The van der Waals surface area contributed by atoms with Crippen LogP contribution >= 0.6 is 0 Å². The molecule has 31 heavy (non-hydrogen) atoms. The first-order valence-corrected chi connectivity index (χ1v) is 10.5. The predicted molar refractivity (Wildman–Crippen MR) is 114 cm³/mol. The maximum absolute atomic E-state index is 12.6. The Kier molecular flexibility index (Phi) is 6.36. The summed E-state index contributed by atoms with van der Waals surface area (Å²) in [6, 6.07) is 6.28. The first-order valence-electron chi connectivity index (χ1n) is 10.5. The zero-order valence-electron chi connectivity index (χ0n) is 17.6. The molecule has 1 aromatic heterocycles. The third-order valence-electron chi connectivity index (χ3n) is 5.66. The molecular weight excluding hydrogens is 400 g/mol. The quantitative estimate of drug-likeness (QED) is 0.656. The topological polar surface area (TPSA) is 89.3 Å². The van der Waals surface area contributed by atoms with E-state index in [1.165, 1.54) is 30.1 Å². The van der Waals surface area contributed by atoms with Gasteiger partial charge in [0, 0.05) is 18.7 Å². The van der Waals surface area contributed by atoms with Crippen molar-refractivity contribution in [2.24, 2.45) is 0 Å². The van der Waals surface area contributed by atoms with Crippen LogP contribution in [-0.4, -0.2) is 49.9 Å². The summed E-state index contributed by atoms with van der Waals surface area (Å²) in [5.74, 6) is 0.628. The molecule has 0 atom stereocenters. The van der Waals surface area contributed by atoms with Gasteiger partial charge in [0.25, 0.3) is 5.91 Å². The summed E-state index contributed by atoms with van der Waals surface area (Å²) in [6.45, 7) is 2.26.